The number of hydrogen-bond acceptors (Lipinski definition) is 5. The molecule has 1 N–H and O–H groups in total. The minimum absolute atomic E-state index is 0.131. The van der Waals surface area contributed by atoms with Gasteiger partial charge < -0.3 is 14.8 Å². The van der Waals surface area contributed by atoms with Gasteiger partial charge in [-0.3, -0.25) is 9.10 Å². The second-order valence-corrected chi connectivity index (χ2v) is 9.38. The predicted octanol–water partition coefficient (Wildman–Crippen LogP) is 3.29. The third kappa shape index (κ3) is 5.09. The van der Waals surface area contributed by atoms with E-state index < -0.39 is 22.0 Å². The second kappa shape index (κ2) is 9.50. The zero-order chi connectivity index (χ0) is 23.4. The van der Waals surface area contributed by atoms with Crippen molar-refractivity contribution in [3.8, 4) is 11.5 Å². The van der Waals surface area contributed by atoms with E-state index in [0.717, 1.165) is 5.56 Å². The molecule has 0 spiro atoms. The first-order chi connectivity index (χ1) is 15.8. The number of aryl methyl sites for hydroxylation is 1. The average molecular weight is 471 g/mol. The van der Waals surface area contributed by atoms with Crippen LogP contribution in [-0.4, -0.2) is 40.1 Å². The average Bonchev–Trinajstić information content (AvgIpc) is 2.82. The van der Waals surface area contributed by atoms with Crippen LogP contribution in [0.1, 0.15) is 5.56 Å². The molecule has 0 aliphatic carbocycles. The summed E-state index contributed by atoms with van der Waals surface area (Å²) in [6.45, 7) is 2.01. The van der Waals surface area contributed by atoms with Crippen molar-refractivity contribution in [1.82, 2.24) is 5.32 Å². The van der Waals surface area contributed by atoms with Crippen LogP contribution in [0.15, 0.2) is 77.7 Å². The van der Waals surface area contributed by atoms with Gasteiger partial charge in [0.05, 0.1) is 23.7 Å². The molecule has 0 saturated heterocycles. The van der Waals surface area contributed by atoms with E-state index in [2.05, 4.69) is 5.32 Å². The van der Waals surface area contributed by atoms with Gasteiger partial charge in [-0.15, -0.1) is 0 Å². The van der Waals surface area contributed by atoms with Gasteiger partial charge in [0.2, 0.25) is 0 Å². The minimum atomic E-state index is -3.91. The van der Waals surface area contributed by atoms with Crippen LogP contribution in [0, 0.1) is 12.7 Å². The summed E-state index contributed by atoms with van der Waals surface area (Å²) in [5, 5.41) is 2.70. The monoisotopic (exact) mass is 470 g/mol. The summed E-state index contributed by atoms with van der Waals surface area (Å²) < 4.78 is 52.2. The molecule has 1 heterocycles. The molecule has 4 rings (SSSR count). The van der Waals surface area contributed by atoms with Crippen molar-refractivity contribution >= 4 is 21.6 Å². The number of sulfonamides is 1. The number of fused-ring (bicyclic) bond motifs is 1. The largest absolute Gasteiger partial charge is 0.492 e. The molecule has 0 radical (unpaired) electrons. The lowest BCUT2D eigenvalue weighted by Crippen LogP contribution is -2.51. The van der Waals surface area contributed by atoms with Crippen LogP contribution in [0.3, 0.4) is 0 Å². The molecule has 3 aromatic rings. The van der Waals surface area contributed by atoms with Crippen molar-refractivity contribution in [2.45, 2.75) is 17.9 Å². The predicted molar refractivity (Wildman–Crippen MR) is 121 cm³/mol. The van der Waals surface area contributed by atoms with Gasteiger partial charge in [-0.2, -0.15) is 0 Å². The van der Waals surface area contributed by atoms with Gasteiger partial charge in [0.15, 0.2) is 6.10 Å². The van der Waals surface area contributed by atoms with Crippen LogP contribution in [0.2, 0.25) is 0 Å². The number of nitrogens with one attached hydrogen (secondary N) is 1. The SMILES string of the molecule is Cc1ccc2c(c1)N(S(=O)(=O)c1ccccc1)C[C@H](C(=O)NCCOc1ccc(F)cc1)O2. The van der Waals surface area contributed by atoms with Crippen molar-refractivity contribution in [3.05, 3.63) is 84.2 Å². The number of nitrogens with zero attached hydrogens (tertiary/aromatic N) is 1. The number of amides is 1. The maximum absolute atomic E-state index is 13.4. The Morgan fingerprint density at radius 3 is 2.58 bits per heavy atom. The van der Waals surface area contributed by atoms with Gasteiger partial charge in [-0.25, -0.2) is 12.8 Å². The number of halogens is 1. The Balaban J connectivity index is 1.47. The fourth-order valence-electron chi connectivity index (χ4n) is 3.43. The zero-order valence-corrected chi connectivity index (χ0v) is 18.7. The van der Waals surface area contributed by atoms with E-state index in [-0.39, 0.29) is 30.4 Å². The third-order valence-corrected chi connectivity index (χ3v) is 6.89. The molecule has 1 atom stereocenters. The fraction of sp³-hybridized carbons (Fsp3) is 0.208. The Morgan fingerprint density at radius 2 is 1.85 bits per heavy atom. The molecule has 1 aliphatic heterocycles. The van der Waals surface area contributed by atoms with Crippen LogP contribution in [0.4, 0.5) is 10.1 Å². The number of rotatable bonds is 7. The van der Waals surface area contributed by atoms with Crippen molar-refractivity contribution in [3.63, 3.8) is 0 Å². The molecular weight excluding hydrogens is 447 g/mol. The fourth-order valence-corrected chi connectivity index (χ4v) is 4.92. The van der Waals surface area contributed by atoms with E-state index in [4.69, 9.17) is 9.47 Å². The van der Waals surface area contributed by atoms with E-state index in [1.165, 1.54) is 40.7 Å². The number of carbonyl (C=O) groups is 1. The molecule has 0 unspecified atom stereocenters. The van der Waals surface area contributed by atoms with E-state index in [1.807, 2.05) is 6.92 Å². The third-order valence-electron chi connectivity index (χ3n) is 5.09. The molecule has 33 heavy (non-hydrogen) atoms. The molecule has 3 aromatic carbocycles. The lowest BCUT2D eigenvalue weighted by Gasteiger charge is -2.35. The molecule has 7 nitrogen and oxygen atoms in total. The van der Waals surface area contributed by atoms with Crippen molar-refractivity contribution in [2.75, 3.05) is 24.0 Å². The summed E-state index contributed by atoms with van der Waals surface area (Å²) in [4.78, 5) is 12.9. The van der Waals surface area contributed by atoms with Gasteiger partial charge >= 0.3 is 0 Å². The Bertz CT molecular complexity index is 1230. The van der Waals surface area contributed by atoms with Crippen molar-refractivity contribution in [2.24, 2.45) is 0 Å². The summed E-state index contributed by atoms with van der Waals surface area (Å²) in [5.41, 5.74) is 1.26. The summed E-state index contributed by atoms with van der Waals surface area (Å²) in [6.07, 6.45) is -1.04. The first-order valence-electron chi connectivity index (χ1n) is 10.4. The molecule has 0 saturated carbocycles. The highest BCUT2D eigenvalue weighted by Gasteiger charge is 2.37. The Morgan fingerprint density at radius 1 is 1.12 bits per heavy atom. The van der Waals surface area contributed by atoms with Crippen LogP contribution in [0.5, 0.6) is 11.5 Å². The van der Waals surface area contributed by atoms with Gasteiger partial charge in [-0.1, -0.05) is 24.3 Å². The van der Waals surface area contributed by atoms with Crippen LogP contribution in [-0.2, 0) is 14.8 Å². The Hall–Kier alpha value is -3.59. The van der Waals surface area contributed by atoms with E-state index in [1.54, 1.807) is 36.4 Å². The number of hydrogen-bond donors (Lipinski definition) is 1. The molecule has 0 bridgehead atoms. The van der Waals surface area contributed by atoms with Crippen LogP contribution in [0.25, 0.3) is 0 Å². The van der Waals surface area contributed by atoms with Crippen LogP contribution >= 0.6 is 0 Å². The Labute approximate surface area is 191 Å². The van der Waals surface area contributed by atoms with E-state index >= 15 is 0 Å². The zero-order valence-electron chi connectivity index (χ0n) is 17.9. The number of carbonyl (C=O) groups excluding carboxylic acids is 1. The molecule has 0 aromatic heterocycles. The summed E-state index contributed by atoms with van der Waals surface area (Å²) in [7, 11) is -3.91. The Kier molecular flexibility index (Phi) is 6.50. The first-order valence-corrected chi connectivity index (χ1v) is 11.8. The highest BCUT2D eigenvalue weighted by molar-refractivity contribution is 7.92. The normalized spacial score (nSPS) is 15.3. The standard InChI is InChI=1S/C24H23FN2O5S/c1-17-7-12-22-21(15-17)27(33(29,30)20-5-3-2-4-6-20)16-23(32-22)24(28)26-13-14-31-19-10-8-18(25)9-11-19/h2-12,15,23H,13-14,16H2,1H3,(H,26,28)/t23-/m1/s1. The molecular formula is C24H23FN2O5S. The smallest absolute Gasteiger partial charge is 0.264 e. The second-order valence-electron chi connectivity index (χ2n) is 7.52. The van der Waals surface area contributed by atoms with Crippen molar-refractivity contribution < 1.29 is 27.1 Å². The highest BCUT2D eigenvalue weighted by atomic mass is 32.2. The molecule has 172 valence electrons. The molecule has 1 aliphatic rings. The van der Waals surface area contributed by atoms with Gasteiger partial charge in [0, 0.05) is 0 Å². The topological polar surface area (TPSA) is 84.9 Å². The number of benzene rings is 3. The van der Waals surface area contributed by atoms with Crippen molar-refractivity contribution in [1.29, 1.82) is 0 Å². The highest BCUT2D eigenvalue weighted by Crippen LogP contribution is 2.37. The van der Waals surface area contributed by atoms with Gasteiger partial charge in [-0.05, 0) is 61.0 Å². The molecule has 0 fully saturated rings. The quantitative estimate of drug-likeness (QED) is 0.536. The van der Waals surface area contributed by atoms with E-state index in [9.17, 15) is 17.6 Å². The van der Waals surface area contributed by atoms with E-state index in [0.29, 0.717) is 17.2 Å². The number of ether oxygens (including phenoxy) is 2. The first kappa shape index (κ1) is 22.6. The lowest BCUT2D eigenvalue weighted by atomic mass is 10.1. The summed E-state index contributed by atoms with van der Waals surface area (Å²) in [6, 6.07) is 18.8. The van der Waals surface area contributed by atoms with Crippen LogP contribution < -0.4 is 19.1 Å². The van der Waals surface area contributed by atoms with Gasteiger partial charge in [0.1, 0.15) is 23.9 Å². The van der Waals surface area contributed by atoms with Gasteiger partial charge in [0.25, 0.3) is 15.9 Å². The maximum Gasteiger partial charge on any atom is 0.264 e. The summed E-state index contributed by atoms with van der Waals surface area (Å²) >= 11 is 0. The lowest BCUT2D eigenvalue weighted by molar-refractivity contribution is -0.127. The molecule has 1 amide bonds. The molecule has 9 heteroatoms. The summed E-state index contributed by atoms with van der Waals surface area (Å²) in [5.74, 6) is -0.0363. The minimum Gasteiger partial charge on any atom is -0.492 e. The maximum atomic E-state index is 13.4. The number of anilines is 1.